The molecule has 1 saturated heterocycles. The summed E-state index contributed by atoms with van der Waals surface area (Å²) in [6.07, 6.45) is 27.0. The predicted molar refractivity (Wildman–Crippen MR) is 155 cm³/mol. The molecule has 0 unspecified atom stereocenters. The van der Waals surface area contributed by atoms with Crippen LogP contribution in [0.4, 0.5) is 0 Å². The fourth-order valence-electron chi connectivity index (χ4n) is 5.47. The van der Waals surface area contributed by atoms with Crippen LogP contribution in [-0.4, -0.2) is 60.0 Å². The van der Waals surface area contributed by atoms with Crippen LogP contribution in [0, 0.1) is 0 Å². The Bertz CT molecular complexity index is 390. The number of halogens is 1. The molecule has 0 spiro atoms. The summed E-state index contributed by atoms with van der Waals surface area (Å²) in [7, 11) is 0. The molecule has 5 nitrogen and oxygen atoms in total. The summed E-state index contributed by atoms with van der Waals surface area (Å²) < 4.78 is 0. The van der Waals surface area contributed by atoms with Gasteiger partial charge < -0.3 is 21.7 Å². The molecule has 0 aliphatic carbocycles. The molecule has 0 atom stereocenters. The quantitative estimate of drug-likeness (QED) is 0.101. The number of nitrogens with one attached hydrogen (secondary N) is 1. The van der Waals surface area contributed by atoms with Crippen LogP contribution in [0.15, 0.2) is 0 Å². The van der Waals surface area contributed by atoms with Crippen LogP contribution in [0.1, 0.15) is 135 Å². The Morgan fingerprint density at radius 3 is 1.41 bits per heavy atom. The molecule has 6 N–H and O–H groups in total. The smallest absolute Gasteiger partial charge is 0.0449 e. The zero-order valence-electron chi connectivity index (χ0n) is 22.8. The Balaban J connectivity index is 0. The number of aliphatic hydroxyl groups excluding tert-OH is 2. The van der Waals surface area contributed by atoms with Gasteiger partial charge >= 0.3 is 0 Å². The van der Waals surface area contributed by atoms with Crippen molar-refractivity contribution in [3.63, 3.8) is 0 Å². The molecule has 6 heteroatoms. The van der Waals surface area contributed by atoms with Crippen molar-refractivity contribution in [1.29, 1.82) is 0 Å². The molecular formula is C28H62BrN3O2. The first-order valence-electron chi connectivity index (χ1n) is 14.5. The van der Waals surface area contributed by atoms with Gasteiger partial charge in [0, 0.05) is 38.4 Å². The van der Waals surface area contributed by atoms with Gasteiger partial charge in [0.25, 0.3) is 0 Å². The summed E-state index contributed by atoms with van der Waals surface area (Å²) in [6.45, 7) is 6.78. The van der Waals surface area contributed by atoms with Gasteiger partial charge in [0.05, 0.1) is 0 Å². The zero-order valence-corrected chi connectivity index (χ0v) is 24.6. The number of piperazine rings is 1. The van der Waals surface area contributed by atoms with Gasteiger partial charge in [-0.25, -0.2) is 0 Å². The third-order valence-corrected chi connectivity index (χ3v) is 7.62. The highest BCUT2D eigenvalue weighted by Gasteiger charge is 2.37. The monoisotopic (exact) mass is 551 g/mol. The number of unbranched alkanes of at least 4 members (excludes halogenated alkanes) is 17. The molecule has 208 valence electrons. The third-order valence-electron chi connectivity index (χ3n) is 7.62. The topological polar surface area (TPSA) is 90.7 Å². The van der Waals surface area contributed by atoms with Gasteiger partial charge in [0.15, 0.2) is 0 Å². The fraction of sp³-hybridized carbons (Fsp3) is 1.00. The lowest BCUT2D eigenvalue weighted by Crippen LogP contribution is -2.62. The second kappa shape index (κ2) is 26.3. The maximum absolute atomic E-state index is 9.52. The van der Waals surface area contributed by atoms with Gasteiger partial charge in [-0.3, -0.25) is 4.90 Å². The van der Waals surface area contributed by atoms with E-state index in [1.165, 1.54) is 116 Å². The Morgan fingerprint density at radius 2 is 1.03 bits per heavy atom. The Morgan fingerprint density at radius 1 is 0.647 bits per heavy atom. The summed E-state index contributed by atoms with van der Waals surface area (Å²) in [6, 6.07) is 0. The molecule has 0 aromatic heterocycles. The standard InChI is InChI=1S/C28H58N2O2.BrH.H3N/c1-2-3-4-5-6-7-8-9-10-11-12-13-14-15-16-17-18-19-23-30-24-22-29-27-28(30,20-25-31)21-26-32;;/h29,31-32H,2-27H2,1H3;1H;1H3. The molecular weight excluding hydrogens is 490 g/mol. The minimum absolute atomic E-state index is 0. The average molecular weight is 553 g/mol. The van der Waals surface area contributed by atoms with Crippen molar-refractivity contribution in [3.8, 4) is 0 Å². The van der Waals surface area contributed by atoms with E-state index < -0.39 is 0 Å². The Labute approximate surface area is 223 Å². The lowest BCUT2D eigenvalue weighted by molar-refractivity contribution is 0.0165. The summed E-state index contributed by atoms with van der Waals surface area (Å²) in [4.78, 5) is 2.54. The molecule has 1 fully saturated rings. The molecule has 0 radical (unpaired) electrons. The van der Waals surface area contributed by atoms with Crippen molar-refractivity contribution in [3.05, 3.63) is 0 Å². The molecule has 0 aromatic rings. The zero-order chi connectivity index (χ0) is 23.2. The molecule has 0 aromatic carbocycles. The number of rotatable bonds is 23. The summed E-state index contributed by atoms with van der Waals surface area (Å²) in [5.74, 6) is 0. The van der Waals surface area contributed by atoms with E-state index in [4.69, 9.17) is 0 Å². The highest BCUT2D eigenvalue weighted by Crippen LogP contribution is 2.26. The van der Waals surface area contributed by atoms with Crippen molar-refractivity contribution in [1.82, 2.24) is 16.4 Å². The normalized spacial score (nSPS) is 15.6. The summed E-state index contributed by atoms with van der Waals surface area (Å²) in [5, 5.41) is 22.5. The highest BCUT2D eigenvalue weighted by atomic mass is 79.9. The first-order chi connectivity index (χ1) is 15.8. The van der Waals surface area contributed by atoms with Crippen LogP contribution in [0.5, 0.6) is 0 Å². The predicted octanol–water partition coefficient (Wildman–Crippen LogP) is 7.18. The lowest BCUT2D eigenvalue weighted by Gasteiger charge is -2.47. The van der Waals surface area contributed by atoms with Crippen molar-refractivity contribution >= 4 is 17.0 Å². The van der Waals surface area contributed by atoms with E-state index in [1.54, 1.807) is 0 Å². The minimum Gasteiger partial charge on any atom is -0.396 e. The molecule has 1 rings (SSSR count). The van der Waals surface area contributed by atoms with Gasteiger partial charge in [-0.15, -0.1) is 17.0 Å². The molecule has 0 saturated carbocycles. The van der Waals surface area contributed by atoms with Gasteiger partial charge in [0.1, 0.15) is 0 Å². The number of aliphatic hydroxyl groups is 2. The van der Waals surface area contributed by atoms with E-state index in [1.807, 2.05) is 0 Å². The van der Waals surface area contributed by atoms with Crippen LogP contribution >= 0.6 is 17.0 Å². The van der Waals surface area contributed by atoms with Crippen LogP contribution in [0.3, 0.4) is 0 Å². The molecule has 34 heavy (non-hydrogen) atoms. The van der Waals surface area contributed by atoms with Gasteiger partial charge in [-0.2, -0.15) is 0 Å². The fourth-order valence-corrected chi connectivity index (χ4v) is 5.47. The Hall–Kier alpha value is 0.280. The molecule has 1 aliphatic heterocycles. The van der Waals surface area contributed by atoms with Crippen LogP contribution < -0.4 is 11.5 Å². The van der Waals surface area contributed by atoms with E-state index in [2.05, 4.69) is 17.1 Å². The van der Waals surface area contributed by atoms with Crippen molar-refractivity contribution < 1.29 is 10.2 Å². The highest BCUT2D eigenvalue weighted by molar-refractivity contribution is 8.93. The Kier molecular flexibility index (Phi) is 28.2. The van der Waals surface area contributed by atoms with Gasteiger partial charge in [-0.1, -0.05) is 116 Å². The maximum atomic E-state index is 9.52. The lowest BCUT2D eigenvalue weighted by atomic mass is 9.87. The largest absolute Gasteiger partial charge is 0.396 e. The van der Waals surface area contributed by atoms with E-state index in [0.717, 1.165) is 39.0 Å². The average Bonchev–Trinajstić information content (AvgIpc) is 2.80. The molecule has 0 bridgehead atoms. The molecule has 1 heterocycles. The van der Waals surface area contributed by atoms with E-state index in [0.29, 0.717) is 0 Å². The van der Waals surface area contributed by atoms with Crippen molar-refractivity contribution in [2.75, 3.05) is 39.4 Å². The first kappa shape index (κ1) is 36.4. The summed E-state index contributed by atoms with van der Waals surface area (Å²) >= 11 is 0. The van der Waals surface area contributed by atoms with Crippen LogP contribution in [0.25, 0.3) is 0 Å². The maximum Gasteiger partial charge on any atom is 0.0449 e. The first-order valence-corrected chi connectivity index (χ1v) is 14.5. The second-order valence-corrected chi connectivity index (χ2v) is 10.3. The minimum atomic E-state index is -0.0453. The van der Waals surface area contributed by atoms with E-state index in [-0.39, 0.29) is 41.9 Å². The van der Waals surface area contributed by atoms with Crippen LogP contribution in [-0.2, 0) is 0 Å². The van der Waals surface area contributed by atoms with E-state index >= 15 is 0 Å². The molecule has 1 aliphatic rings. The van der Waals surface area contributed by atoms with Gasteiger partial charge in [0.2, 0.25) is 0 Å². The number of hydrogen-bond donors (Lipinski definition) is 4. The van der Waals surface area contributed by atoms with Crippen molar-refractivity contribution in [2.24, 2.45) is 0 Å². The third kappa shape index (κ3) is 17.7. The number of nitrogens with zero attached hydrogens (tertiary/aromatic N) is 1. The van der Waals surface area contributed by atoms with E-state index in [9.17, 15) is 10.2 Å². The summed E-state index contributed by atoms with van der Waals surface area (Å²) in [5.41, 5.74) is -0.0453. The van der Waals surface area contributed by atoms with Gasteiger partial charge in [-0.05, 0) is 25.8 Å². The van der Waals surface area contributed by atoms with Crippen LogP contribution in [0.2, 0.25) is 0 Å². The SMILES string of the molecule is Br.CCCCCCCCCCCCCCCCCCCCN1CCNCC1(CCO)CCO.N. The molecule has 0 amide bonds. The second-order valence-electron chi connectivity index (χ2n) is 10.3. The van der Waals surface area contributed by atoms with Crippen molar-refractivity contribution in [2.45, 2.75) is 141 Å². The number of hydrogen-bond acceptors (Lipinski definition) is 5.